The molecule has 0 saturated heterocycles. The maximum absolute atomic E-state index is 11.6. The number of carbonyl (C=O) groups excluding carboxylic acids is 1. The number of aliphatic imine (C=N–C) groups is 1. The van der Waals surface area contributed by atoms with E-state index in [1.807, 2.05) is 0 Å². The van der Waals surface area contributed by atoms with E-state index in [0.29, 0.717) is 0 Å². The molecule has 0 aliphatic rings. The molecule has 0 bridgehead atoms. The molecule has 0 radical (unpaired) electrons. The maximum Gasteiger partial charge on any atom is 0.169 e. The molecule has 0 aromatic heterocycles. The highest BCUT2D eigenvalue weighted by molar-refractivity contribution is 6.00. The van der Waals surface area contributed by atoms with Gasteiger partial charge in [0.05, 0.1) is 5.56 Å². The zero-order chi connectivity index (χ0) is 11.6. The van der Waals surface area contributed by atoms with Crippen LogP contribution in [0.1, 0.15) is 24.2 Å². The molecule has 15 heavy (non-hydrogen) atoms. The summed E-state index contributed by atoms with van der Waals surface area (Å²) in [6.07, 6.45) is 0. The summed E-state index contributed by atoms with van der Waals surface area (Å²) in [7, 11) is 0. The summed E-state index contributed by atoms with van der Waals surface area (Å²) in [6.45, 7) is 6.68. The van der Waals surface area contributed by atoms with Crippen molar-refractivity contribution in [3.63, 3.8) is 0 Å². The first-order valence-electron chi connectivity index (χ1n) is 4.54. The Hall–Kier alpha value is -1.84. The van der Waals surface area contributed by atoms with Crippen LogP contribution < -0.4 is 0 Å². The Morgan fingerprint density at radius 2 is 1.93 bits per heavy atom. The van der Waals surface area contributed by atoms with E-state index in [2.05, 4.69) is 11.7 Å². The van der Waals surface area contributed by atoms with Crippen LogP contribution in [0.3, 0.4) is 0 Å². The molecule has 0 heterocycles. The molecule has 0 unspecified atom stereocenters. The summed E-state index contributed by atoms with van der Waals surface area (Å²) in [5.41, 5.74) is 0.266. The Morgan fingerprint density at radius 3 is 2.40 bits per heavy atom. The number of phenolic OH excluding ortho intramolecular Hbond substituents is 2. The van der Waals surface area contributed by atoms with Crippen molar-refractivity contribution in [1.29, 1.82) is 0 Å². The number of hydrogen-bond acceptors (Lipinski definition) is 4. The second-order valence-corrected chi connectivity index (χ2v) is 3.54. The minimum Gasteiger partial charge on any atom is -0.507 e. The van der Waals surface area contributed by atoms with Crippen molar-refractivity contribution in [1.82, 2.24) is 0 Å². The second-order valence-electron chi connectivity index (χ2n) is 3.54. The standard InChI is InChI=1S/C11H13NO3/c1-6(2)11(15)7-4-10(14)8(12-3)5-9(7)13/h4-6,13-14H,3H2,1-2H3. The molecule has 1 rings (SSSR count). The van der Waals surface area contributed by atoms with Gasteiger partial charge in [-0.05, 0) is 12.8 Å². The minimum atomic E-state index is -0.238. The summed E-state index contributed by atoms with van der Waals surface area (Å²) in [6, 6.07) is 2.43. The monoisotopic (exact) mass is 207 g/mol. The van der Waals surface area contributed by atoms with Gasteiger partial charge in [-0.25, -0.2) is 0 Å². The Kier molecular flexibility index (Phi) is 3.09. The molecule has 0 aliphatic heterocycles. The molecule has 0 fully saturated rings. The normalized spacial score (nSPS) is 10.3. The van der Waals surface area contributed by atoms with Crippen LogP contribution in [0.2, 0.25) is 0 Å². The molecule has 0 atom stereocenters. The first-order chi connectivity index (χ1) is 6.97. The second kappa shape index (κ2) is 4.13. The fraction of sp³-hybridized carbons (Fsp3) is 0.273. The summed E-state index contributed by atoms with van der Waals surface area (Å²) in [5, 5.41) is 19.0. The minimum absolute atomic E-state index is 0.106. The third-order valence-electron chi connectivity index (χ3n) is 2.05. The van der Waals surface area contributed by atoms with E-state index in [4.69, 9.17) is 0 Å². The fourth-order valence-electron chi connectivity index (χ4n) is 1.20. The average molecular weight is 207 g/mol. The first-order valence-corrected chi connectivity index (χ1v) is 4.54. The van der Waals surface area contributed by atoms with Crippen molar-refractivity contribution in [3.8, 4) is 11.5 Å². The van der Waals surface area contributed by atoms with Gasteiger partial charge in [-0.3, -0.25) is 9.79 Å². The summed E-state index contributed by atoms with van der Waals surface area (Å²) < 4.78 is 0. The Bertz CT molecular complexity index is 411. The van der Waals surface area contributed by atoms with Gasteiger partial charge in [0.2, 0.25) is 0 Å². The number of ketones is 1. The number of aromatic hydroxyl groups is 2. The van der Waals surface area contributed by atoms with Crippen LogP contribution in [-0.2, 0) is 0 Å². The van der Waals surface area contributed by atoms with Gasteiger partial charge < -0.3 is 10.2 Å². The van der Waals surface area contributed by atoms with Gasteiger partial charge in [0.25, 0.3) is 0 Å². The largest absolute Gasteiger partial charge is 0.507 e. The Labute approximate surface area is 87.9 Å². The summed E-state index contributed by atoms with van der Waals surface area (Å²) in [5.74, 6) is -0.808. The van der Waals surface area contributed by atoms with Crippen molar-refractivity contribution in [2.24, 2.45) is 10.9 Å². The highest BCUT2D eigenvalue weighted by atomic mass is 16.3. The van der Waals surface area contributed by atoms with Crippen molar-refractivity contribution in [3.05, 3.63) is 17.7 Å². The third kappa shape index (κ3) is 2.15. The van der Waals surface area contributed by atoms with Crippen LogP contribution in [-0.4, -0.2) is 22.7 Å². The topological polar surface area (TPSA) is 69.9 Å². The highest BCUT2D eigenvalue weighted by Gasteiger charge is 2.17. The summed E-state index contributed by atoms with van der Waals surface area (Å²) >= 11 is 0. The van der Waals surface area contributed by atoms with E-state index in [0.717, 1.165) is 0 Å². The molecule has 4 nitrogen and oxygen atoms in total. The van der Waals surface area contributed by atoms with E-state index in [-0.39, 0.29) is 34.5 Å². The lowest BCUT2D eigenvalue weighted by molar-refractivity contribution is 0.0936. The first kappa shape index (κ1) is 11.2. The molecule has 80 valence electrons. The third-order valence-corrected chi connectivity index (χ3v) is 2.05. The molecule has 2 N–H and O–H groups in total. The number of hydrogen-bond donors (Lipinski definition) is 2. The van der Waals surface area contributed by atoms with Gasteiger partial charge in [-0.2, -0.15) is 0 Å². The van der Waals surface area contributed by atoms with E-state index < -0.39 is 0 Å². The lowest BCUT2D eigenvalue weighted by Crippen LogP contribution is -2.07. The molecular weight excluding hydrogens is 194 g/mol. The average Bonchev–Trinajstić information content (AvgIpc) is 2.19. The van der Waals surface area contributed by atoms with Crippen molar-refractivity contribution < 1.29 is 15.0 Å². The number of phenols is 2. The Balaban J connectivity index is 3.27. The molecule has 1 aromatic carbocycles. The quantitative estimate of drug-likeness (QED) is 0.453. The molecule has 0 amide bonds. The molecule has 0 spiro atoms. The van der Waals surface area contributed by atoms with E-state index >= 15 is 0 Å². The van der Waals surface area contributed by atoms with Crippen molar-refractivity contribution in [2.45, 2.75) is 13.8 Å². The zero-order valence-corrected chi connectivity index (χ0v) is 8.69. The number of rotatable bonds is 3. The smallest absolute Gasteiger partial charge is 0.169 e. The lowest BCUT2D eigenvalue weighted by Gasteiger charge is -2.08. The predicted molar refractivity (Wildman–Crippen MR) is 58.1 cm³/mol. The molecule has 4 heteroatoms. The zero-order valence-electron chi connectivity index (χ0n) is 8.69. The summed E-state index contributed by atoms with van der Waals surface area (Å²) in [4.78, 5) is 15.1. The highest BCUT2D eigenvalue weighted by Crippen LogP contribution is 2.34. The van der Waals surface area contributed by atoms with E-state index in [1.54, 1.807) is 13.8 Å². The lowest BCUT2D eigenvalue weighted by atomic mass is 9.99. The molecular formula is C11H13NO3. The van der Waals surface area contributed by atoms with Crippen molar-refractivity contribution in [2.75, 3.05) is 0 Å². The van der Waals surface area contributed by atoms with Gasteiger partial charge in [-0.15, -0.1) is 0 Å². The van der Waals surface area contributed by atoms with Crippen LogP contribution in [0.4, 0.5) is 5.69 Å². The number of benzene rings is 1. The number of carbonyl (C=O) groups is 1. The maximum atomic E-state index is 11.6. The van der Waals surface area contributed by atoms with E-state index in [1.165, 1.54) is 12.1 Å². The van der Waals surface area contributed by atoms with Crippen molar-refractivity contribution >= 4 is 18.2 Å². The molecule has 0 saturated carbocycles. The van der Waals surface area contributed by atoms with Crippen LogP contribution in [0, 0.1) is 5.92 Å². The van der Waals surface area contributed by atoms with Gasteiger partial charge in [0.15, 0.2) is 5.78 Å². The van der Waals surface area contributed by atoms with Gasteiger partial charge in [-0.1, -0.05) is 13.8 Å². The van der Waals surface area contributed by atoms with Crippen LogP contribution in [0.5, 0.6) is 11.5 Å². The molecule has 1 aromatic rings. The fourth-order valence-corrected chi connectivity index (χ4v) is 1.20. The van der Waals surface area contributed by atoms with E-state index in [9.17, 15) is 15.0 Å². The van der Waals surface area contributed by atoms with Gasteiger partial charge in [0.1, 0.15) is 17.2 Å². The van der Waals surface area contributed by atoms with Gasteiger partial charge in [0, 0.05) is 12.0 Å². The Morgan fingerprint density at radius 1 is 1.33 bits per heavy atom. The van der Waals surface area contributed by atoms with Gasteiger partial charge >= 0.3 is 0 Å². The number of Topliss-reactive ketones (excluding diaryl/α,β-unsaturated/α-hetero) is 1. The molecule has 0 aliphatic carbocycles. The number of nitrogens with zero attached hydrogens (tertiary/aromatic N) is 1. The SMILES string of the molecule is C=Nc1cc(O)c(C(=O)C(C)C)cc1O. The van der Waals surface area contributed by atoms with Crippen LogP contribution in [0.25, 0.3) is 0 Å². The van der Waals surface area contributed by atoms with Crippen LogP contribution in [0.15, 0.2) is 17.1 Å². The van der Waals surface area contributed by atoms with Crippen LogP contribution >= 0.6 is 0 Å². The predicted octanol–water partition coefficient (Wildman–Crippen LogP) is 2.27.